The fraction of sp³-hybridized carbons (Fsp3) is 0.800. The Morgan fingerprint density at radius 1 is 0.904 bits per heavy atom. The molecular formula is C45H81NO6. The largest absolute Gasteiger partial charge is 0.493 e. The SMILES string of the molecule is C#CO.CCOCCOCCNC(C)(CC)C(C)=O.CCOc1c(C)c(C)c2c(c1C)CCC(C)(CCCC(C)CCCC(C)CCCC(C)C)O2. The number of rotatable bonds is 24. The summed E-state index contributed by atoms with van der Waals surface area (Å²) in [5.74, 6) is 4.96. The summed E-state index contributed by atoms with van der Waals surface area (Å²) in [5.41, 5.74) is 4.71. The second-order valence-electron chi connectivity index (χ2n) is 16.0. The van der Waals surface area contributed by atoms with Crippen LogP contribution < -0.4 is 14.8 Å². The van der Waals surface area contributed by atoms with Gasteiger partial charge in [0.25, 0.3) is 0 Å². The van der Waals surface area contributed by atoms with E-state index in [0.29, 0.717) is 33.0 Å². The van der Waals surface area contributed by atoms with Crippen molar-refractivity contribution in [1.29, 1.82) is 0 Å². The maximum absolute atomic E-state index is 11.4. The summed E-state index contributed by atoms with van der Waals surface area (Å²) < 4.78 is 23.2. The molecule has 4 atom stereocenters. The Balaban J connectivity index is 0.00000115. The minimum atomic E-state index is -0.413. The van der Waals surface area contributed by atoms with Crippen LogP contribution in [-0.4, -0.2) is 61.6 Å². The van der Waals surface area contributed by atoms with Gasteiger partial charge in [-0.05, 0) is 122 Å². The van der Waals surface area contributed by atoms with Gasteiger partial charge in [-0.25, -0.2) is 0 Å². The normalized spacial score (nSPS) is 17.2. The number of Topliss-reactive ketones (excluding diaryl/α,β-unsaturated/α-hetero) is 1. The summed E-state index contributed by atoms with van der Waals surface area (Å²) in [4.78, 5) is 11.4. The molecule has 4 unspecified atom stereocenters. The number of benzene rings is 1. The smallest absolute Gasteiger partial charge is 0.149 e. The molecule has 2 rings (SSSR count). The highest BCUT2D eigenvalue weighted by Crippen LogP contribution is 2.45. The van der Waals surface area contributed by atoms with Crippen LogP contribution >= 0.6 is 0 Å². The molecule has 302 valence electrons. The van der Waals surface area contributed by atoms with Crippen molar-refractivity contribution in [2.75, 3.05) is 39.6 Å². The average molecular weight is 732 g/mol. The summed E-state index contributed by atoms with van der Waals surface area (Å²) in [6.45, 7) is 32.0. The van der Waals surface area contributed by atoms with Crippen LogP contribution in [0.15, 0.2) is 0 Å². The number of fused-ring (bicyclic) bond motifs is 1. The van der Waals surface area contributed by atoms with Crippen molar-refractivity contribution in [2.24, 2.45) is 17.8 Å². The van der Waals surface area contributed by atoms with Gasteiger partial charge in [0, 0.05) is 18.7 Å². The van der Waals surface area contributed by atoms with Gasteiger partial charge < -0.3 is 29.4 Å². The summed E-state index contributed by atoms with van der Waals surface area (Å²) in [6.07, 6.45) is 20.5. The number of hydrogen-bond donors (Lipinski definition) is 2. The number of hydrogen-bond acceptors (Lipinski definition) is 7. The van der Waals surface area contributed by atoms with Gasteiger partial charge in [0.15, 0.2) is 0 Å². The third kappa shape index (κ3) is 19.2. The van der Waals surface area contributed by atoms with Gasteiger partial charge >= 0.3 is 0 Å². The van der Waals surface area contributed by atoms with E-state index < -0.39 is 5.54 Å². The van der Waals surface area contributed by atoms with Crippen LogP contribution in [0.2, 0.25) is 0 Å². The Hall–Kier alpha value is -2.27. The van der Waals surface area contributed by atoms with Crippen molar-refractivity contribution in [3.05, 3.63) is 22.3 Å². The van der Waals surface area contributed by atoms with Crippen molar-refractivity contribution in [2.45, 2.75) is 178 Å². The van der Waals surface area contributed by atoms with E-state index in [1.807, 2.05) is 20.8 Å². The molecule has 7 heteroatoms. The molecule has 0 amide bonds. The van der Waals surface area contributed by atoms with Crippen LogP contribution in [0.4, 0.5) is 0 Å². The van der Waals surface area contributed by atoms with E-state index in [2.05, 4.69) is 74.1 Å². The molecule has 0 aliphatic carbocycles. The molecule has 52 heavy (non-hydrogen) atoms. The van der Waals surface area contributed by atoms with Crippen molar-refractivity contribution < 1.29 is 28.8 Å². The lowest BCUT2D eigenvalue weighted by atomic mass is 9.83. The van der Waals surface area contributed by atoms with E-state index in [4.69, 9.17) is 24.1 Å². The molecule has 1 aromatic rings. The van der Waals surface area contributed by atoms with Crippen molar-refractivity contribution in [3.8, 4) is 24.0 Å². The predicted octanol–water partition coefficient (Wildman–Crippen LogP) is 10.9. The first kappa shape index (κ1) is 49.7. The van der Waals surface area contributed by atoms with E-state index in [1.54, 1.807) is 6.92 Å². The number of aliphatic hydroxyl groups excluding tert-OH is 1. The van der Waals surface area contributed by atoms with E-state index in [1.165, 1.54) is 79.7 Å². The second kappa shape index (κ2) is 27.3. The fourth-order valence-electron chi connectivity index (χ4n) is 6.88. The number of nitrogens with one attached hydrogen (secondary N) is 1. The average Bonchev–Trinajstić information content (AvgIpc) is 3.09. The third-order valence-corrected chi connectivity index (χ3v) is 10.9. The standard InChI is InChI=1S/C31H54O2.C12H25NO3.C2H2O/c1-10-32-29-25(6)26(7)30-28(27(29)8)19-21-31(9,33-30)20-13-18-24(5)17-12-16-23(4)15-11-14-22(2)3;1-5-12(4,11(3)14)13-7-8-16-10-9-15-6-2;1-2-3/h22-24H,10-21H2,1-9H3;13H,5-10H2,1-4H3;1,3H. The molecule has 7 nitrogen and oxygen atoms in total. The highest BCUT2D eigenvalue weighted by Gasteiger charge is 2.34. The first-order valence-corrected chi connectivity index (χ1v) is 20.5. The Kier molecular flexibility index (Phi) is 26.1. The van der Waals surface area contributed by atoms with Crippen LogP contribution in [-0.2, 0) is 20.7 Å². The van der Waals surface area contributed by atoms with Crippen LogP contribution in [0.5, 0.6) is 11.5 Å². The number of aliphatic hydroxyl groups is 1. The molecule has 0 fully saturated rings. The minimum Gasteiger partial charge on any atom is -0.493 e. The van der Waals surface area contributed by atoms with Crippen LogP contribution in [0.3, 0.4) is 0 Å². The molecule has 0 radical (unpaired) electrons. The maximum atomic E-state index is 11.4. The van der Waals surface area contributed by atoms with Crippen LogP contribution in [0, 0.1) is 51.1 Å². The monoisotopic (exact) mass is 732 g/mol. The highest BCUT2D eigenvalue weighted by atomic mass is 16.5. The molecule has 1 heterocycles. The number of carbonyl (C=O) groups excluding carboxylic acids is 1. The summed E-state index contributed by atoms with van der Waals surface area (Å²) in [7, 11) is 0. The van der Waals surface area contributed by atoms with Crippen LogP contribution in [0.1, 0.15) is 162 Å². The first-order chi connectivity index (χ1) is 24.6. The second-order valence-corrected chi connectivity index (χ2v) is 16.0. The van der Waals surface area contributed by atoms with Crippen molar-refractivity contribution in [3.63, 3.8) is 0 Å². The number of terminal acetylenes is 1. The van der Waals surface area contributed by atoms with Crippen LogP contribution in [0.25, 0.3) is 0 Å². The number of ketones is 1. The third-order valence-electron chi connectivity index (χ3n) is 10.9. The highest BCUT2D eigenvalue weighted by molar-refractivity contribution is 5.85. The molecule has 2 N–H and O–H groups in total. The Labute approximate surface area is 321 Å². The first-order valence-electron chi connectivity index (χ1n) is 20.5. The molecule has 1 aromatic carbocycles. The van der Waals surface area contributed by atoms with Gasteiger partial charge in [-0.2, -0.15) is 0 Å². The quantitative estimate of drug-likeness (QED) is 0.0808. The zero-order chi connectivity index (χ0) is 39.7. The van der Waals surface area contributed by atoms with Gasteiger partial charge in [0.05, 0.1) is 32.0 Å². The number of carbonyl (C=O) groups is 1. The summed E-state index contributed by atoms with van der Waals surface area (Å²) >= 11 is 0. The summed E-state index contributed by atoms with van der Waals surface area (Å²) in [5, 5.41) is 10.3. The van der Waals surface area contributed by atoms with E-state index in [9.17, 15) is 4.79 Å². The minimum absolute atomic E-state index is 0.0333. The summed E-state index contributed by atoms with van der Waals surface area (Å²) in [6, 6.07) is 0. The topological polar surface area (TPSA) is 86.2 Å². The molecule has 0 spiro atoms. The van der Waals surface area contributed by atoms with Crippen molar-refractivity contribution in [1.82, 2.24) is 5.32 Å². The van der Waals surface area contributed by atoms with E-state index in [-0.39, 0.29) is 11.4 Å². The molecule has 0 aromatic heterocycles. The molecule has 1 aliphatic rings. The number of ether oxygens (including phenoxy) is 4. The zero-order valence-corrected chi connectivity index (χ0v) is 36.0. The van der Waals surface area contributed by atoms with E-state index in [0.717, 1.165) is 61.5 Å². The zero-order valence-electron chi connectivity index (χ0n) is 36.0. The molecule has 0 bridgehead atoms. The molecule has 0 saturated heterocycles. The van der Waals surface area contributed by atoms with Gasteiger partial charge in [-0.15, -0.1) is 0 Å². The van der Waals surface area contributed by atoms with Gasteiger partial charge in [0.2, 0.25) is 0 Å². The maximum Gasteiger partial charge on any atom is 0.149 e. The lowest BCUT2D eigenvalue weighted by Gasteiger charge is -2.38. The molecule has 0 saturated carbocycles. The predicted molar refractivity (Wildman–Crippen MR) is 219 cm³/mol. The molecular weight excluding hydrogens is 650 g/mol. The van der Waals surface area contributed by atoms with Gasteiger partial charge in [-0.1, -0.05) is 86.0 Å². The van der Waals surface area contributed by atoms with Gasteiger partial charge in [-0.3, -0.25) is 4.79 Å². The Bertz CT molecular complexity index is 1160. The Morgan fingerprint density at radius 3 is 1.98 bits per heavy atom. The van der Waals surface area contributed by atoms with Gasteiger partial charge in [0.1, 0.15) is 29.0 Å². The fourth-order valence-corrected chi connectivity index (χ4v) is 6.88. The van der Waals surface area contributed by atoms with Crippen molar-refractivity contribution >= 4 is 5.78 Å². The lowest BCUT2D eigenvalue weighted by Crippen LogP contribution is -2.49. The Morgan fingerprint density at radius 2 is 1.46 bits per heavy atom. The van der Waals surface area contributed by atoms with E-state index >= 15 is 0 Å². The lowest BCUT2D eigenvalue weighted by molar-refractivity contribution is -0.122. The molecule has 1 aliphatic heterocycles.